The second-order valence-electron chi connectivity index (χ2n) is 3.42. The molecule has 0 aliphatic carbocycles. The number of halogens is 2. The molecule has 0 atom stereocenters. The molecule has 0 saturated heterocycles. The van der Waals surface area contributed by atoms with Crippen LogP contribution in [0.2, 0.25) is 0 Å². The van der Waals surface area contributed by atoms with Crippen molar-refractivity contribution >= 4 is 33.9 Å². The normalized spacial score (nSPS) is 11.6. The maximum atomic E-state index is 5.63. The van der Waals surface area contributed by atoms with Gasteiger partial charge in [-0.25, -0.2) is 0 Å². The zero-order valence-electron chi connectivity index (χ0n) is 10.7. The summed E-state index contributed by atoms with van der Waals surface area (Å²) in [7, 11) is 1.74. The molecule has 0 fully saturated rings. The third kappa shape index (κ3) is 7.92. The zero-order chi connectivity index (χ0) is 11.0. The van der Waals surface area contributed by atoms with Crippen molar-refractivity contribution in [1.82, 2.24) is 0 Å². The van der Waals surface area contributed by atoms with Crippen LogP contribution in [-0.2, 0) is 0 Å². The Balaban J connectivity index is -0.000000845. The fraction of sp³-hybridized carbons (Fsp3) is 0.900. The lowest BCUT2D eigenvalue weighted by atomic mass is 10.3. The van der Waals surface area contributed by atoms with Gasteiger partial charge in [-0.05, 0) is 20.8 Å². The first-order valence-corrected chi connectivity index (χ1v) is 6.32. The molecule has 0 aromatic carbocycles. The Labute approximate surface area is 125 Å². The van der Waals surface area contributed by atoms with Crippen molar-refractivity contribution in [3.63, 3.8) is 0 Å². The summed E-state index contributed by atoms with van der Waals surface area (Å²) in [5.41, 5.74) is 5.63. The van der Waals surface area contributed by atoms with Gasteiger partial charge < -0.3 is 27.2 Å². The van der Waals surface area contributed by atoms with Crippen LogP contribution in [0, 0.1) is 0 Å². The number of nitrogens with zero attached hydrogens (tertiary/aromatic N) is 2. The van der Waals surface area contributed by atoms with Crippen molar-refractivity contribution in [2.24, 2.45) is 10.7 Å². The van der Waals surface area contributed by atoms with E-state index in [0.29, 0.717) is 5.17 Å². The van der Waals surface area contributed by atoms with Crippen molar-refractivity contribution in [1.29, 1.82) is 0 Å². The van der Waals surface area contributed by atoms with Crippen LogP contribution < -0.4 is 22.7 Å². The van der Waals surface area contributed by atoms with Gasteiger partial charge >= 0.3 is 0 Å². The Bertz CT molecular complexity index is 177. The Morgan fingerprint density at radius 1 is 1.19 bits per heavy atom. The average molecular weight is 379 g/mol. The molecule has 16 heavy (non-hydrogen) atoms. The first-order chi connectivity index (χ1) is 6.64. The van der Waals surface area contributed by atoms with Gasteiger partial charge in [0.1, 0.15) is 0 Å². The van der Waals surface area contributed by atoms with E-state index in [1.165, 1.54) is 30.7 Å². The van der Waals surface area contributed by atoms with E-state index < -0.39 is 0 Å². The monoisotopic (exact) mass is 377 g/mol. The van der Waals surface area contributed by atoms with Crippen LogP contribution in [0.3, 0.4) is 0 Å². The third-order valence-electron chi connectivity index (χ3n) is 3.05. The fourth-order valence-corrected chi connectivity index (χ4v) is 2.37. The number of amidine groups is 1. The summed E-state index contributed by atoms with van der Waals surface area (Å²) in [5.74, 6) is 1.07. The summed E-state index contributed by atoms with van der Waals surface area (Å²) in [5, 5.41) is 0.700. The van der Waals surface area contributed by atoms with Crippen molar-refractivity contribution < 1.29 is 21.5 Å². The highest BCUT2D eigenvalue weighted by Crippen LogP contribution is 2.09. The highest BCUT2D eigenvalue weighted by Gasteiger charge is 2.19. The van der Waals surface area contributed by atoms with Crippen LogP contribution in [0.1, 0.15) is 20.8 Å². The molecule has 6 heteroatoms. The lowest BCUT2D eigenvalue weighted by molar-refractivity contribution is -0.920. The molecule has 100 valence electrons. The minimum Gasteiger partial charge on any atom is -1.00 e. The highest BCUT2D eigenvalue weighted by atomic mass is 79.9. The second-order valence-corrected chi connectivity index (χ2v) is 4.54. The van der Waals surface area contributed by atoms with E-state index >= 15 is 0 Å². The van der Waals surface area contributed by atoms with Gasteiger partial charge in [0.2, 0.25) is 0 Å². The van der Waals surface area contributed by atoms with Gasteiger partial charge in [-0.1, -0.05) is 11.8 Å². The molecule has 3 nitrogen and oxygen atoms in total. The maximum Gasteiger partial charge on any atom is 0.153 e. The molecule has 0 spiro atoms. The van der Waals surface area contributed by atoms with E-state index in [0.717, 1.165) is 5.75 Å². The first-order valence-electron chi connectivity index (χ1n) is 5.34. The Morgan fingerprint density at radius 3 is 1.94 bits per heavy atom. The smallest absolute Gasteiger partial charge is 0.153 e. The largest absolute Gasteiger partial charge is 1.00 e. The Hall–Kier alpha value is 0.740. The van der Waals surface area contributed by atoms with Gasteiger partial charge in [0, 0.05) is 7.05 Å². The van der Waals surface area contributed by atoms with E-state index in [-0.39, 0.29) is 34.0 Å². The number of quaternary nitrogens is 1. The van der Waals surface area contributed by atoms with Gasteiger partial charge in [-0.2, -0.15) is 0 Å². The molecular formula is C10H25Br2N3S. The number of hydrogen-bond acceptors (Lipinski definition) is 2. The van der Waals surface area contributed by atoms with Gasteiger partial charge in [-0.3, -0.25) is 4.99 Å². The number of hydrogen-bond donors (Lipinski definition) is 1. The fourth-order valence-electron chi connectivity index (χ4n) is 1.55. The van der Waals surface area contributed by atoms with Crippen LogP contribution in [-0.4, -0.2) is 48.6 Å². The minimum atomic E-state index is 0. The lowest BCUT2D eigenvalue weighted by Crippen LogP contribution is -3.00. The van der Waals surface area contributed by atoms with E-state index in [1.807, 2.05) is 0 Å². The predicted molar refractivity (Wildman–Crippen MR) is 77.1 cm³/mol. The van der Waals surface area contributed by atoms with Crippen molar-refractivity contribution in [2.45, 2.75) is 20.8 Å². The summed E-state index contributed by atoms with van der Waals surface area (Å²) in [6.07, 6.45) is 0. The molecule has 0 saturated carbocycles. The molecule has 0 aromatic rings. The Kier molecular flexibility index (Phi) is 16.8. The van der Waals surface area contributed by atoms with E-state index in [1.54, 1.807) is 18.8 Å². The number of nitrogens with two attached hydrogens (primary N) is 1. The Morgan fingerprint density at radius 2 is 1.62 bits per heavy atom. The summed E-state index contributed by atoms with van der Waals surface area (Å²) in [6, 6.07) is 0. The second kappa shape index (κ2) is 12.2. The summed E-state index contributed by atoms with van der Waals surface area (Å²) >= 11 is 1.66. The van der Waals surface area contributed by atoms with Crippen LogP contribution in [0.25, 0.3) is 0 Å². The standard InChI is InChI=1S/C10H24N3S.2BrH/c1-5-13(6-2,7-3)8-9-14-10(11)12-4;;/h5-9H2,1-4H3,(H2,11,12);2*1H/q+1;;/p-1. The van der Waals surface area contributed by atoms with E-state index in [4.69, 9.17) is 5.73 Å². The van der Waals surface area contributed by atoms with Crippen LogP contribution in [0.15, 0.2) is 4.99 Å². The number of rotatable bonds is 6. The summed E-state index contributed by atoms with van der Waals surface area (Å²) < 4.78 is 1.18. The van der Waals surface area contributed by atoms with Crippen LogP contribution in [0.5, 0.6) is 0 Å². The topological polar surface area (TPSA) is 38.4 Å². The van der Waals surface area contributed by atoms with Crippen LogP contribution in [0.4, 0.5) is 0 Å². The van der Waals surface area contributed by atoms with Crippen molar-refractivity contribution in [3.8, 4) is 0 Å². The van der Waals surface area contributed by atoms with Gasteiger partial charge in [0.05, 0.1) is 31.9 Å². The molecule has 2 N–H and O–H groups in total. The molecule has 0 unspecified atom stereocenters. The number of aliphatic imine (C=N–C) groups is 1. The van der Waals surface area contributed by atoms with E-state index in [9.17, 15) is 0 Å². The molecule has 0 aromatic heterocycles. The molecule has 0 amide bonds. The molecule has 0 bridgehead atoms. The minimum absolute atomic E-state index is 0. The van der Waals surface area contributed by atoms with Gasteiger partial charge in [0.15, 0.2) is 5.17 Å². The molecular weight excluding hydrogens is 354 g/mol. The van der Waals surface area contributed by atoms with Crippen molar-refractivity contribution in [2.75, 3.05) is 39.0 Å². The molecule has 0 rings (SSSR count). The molecule has 0 aliphatic rings. The predicted octanol–water partition coefficient (Wildman–Crippen LogP) is -0.877. The first kappa shape index (κ1) is 22.0. The quantitative estimate of drug-likeness (QED) is 0.370. The highest BCUT2D eigenvalue weighted by molar-refractivity contribution is 8.93. The van der Waals surface area contributed by atoms with Crippen molar-refractivity contribution in [3.05, 3.63) is 0 Å². The third-order valence-corrected chi connectivity index (χ3v) is 3.91. The summed E-state index contributed by atoms with van der Waals surface area (Å²) in [4.78, 5) is 3.94. The lowest BCUT2D eigenvalue weighted by Gasteiger charge is -2.35. The molecule has 0 aliphatic heterocycles. The zero-order valence-corrected chi connectivity index (χ0v) is 14.8. The van der Waals surface area contributed by atoms with Gasteiger partial charge in [0.25, 0.3) is 0 Å². The molecule has 0 radical (unpaired) electrons. The van der Waals surface area contributed by atoms with Gasteiger partial charge in [-0.15, -0.1) is 17.0 Å². The number of thioether (sulfide) groups is 1. The molecule has 0 heterocycles. The average Bonchev–Trinajstić information content (AvgIpc) is 2.25. The van der Waals surface area contributed by atoms with E-state index in [2.05, 4.69) is 25.8 Å². The van der Waals surface area contributed by atoms with Crippen LogP contribution >= 0.6 is 28.7 Å². The SMILES string of the molecule is Br.CC[N+](CC)(CC)CCSC(N)=NC.[Br-]. The maximum absolute atomic E-state index is 5.63. The summed E-state index contributed by atoms with van der Waals surface area (Å²) in [6.45, 7) is 11.6.